The lowest BCUT2D eigenvalue weighted by molar-refractivity contribution is 0.669. The molecule has 16 aromatic rings. The zero-order valence-electron chi connectivity index (χ0n) is 38.5. The highest BCUT2D eigenvalue weighted by Gasteiger charge is 2.22. The van der Waals surface area contributed by atoms with E-state index in [0.29, 0.717) is 0 Å². The number of fused-ring (bicyclic) bond motifs is 19. The Morgan fingerprint density at radius 1 is 0.250 bits per heavy atom. The van der Waals surface area contributed by atoms with Crippen molar-refractivity contribution in [2.75, 3.05) is 9.80 Å². The Kier molecular flexibility index (Phi) is 8.66. The summed E-state index contributed by atoms with van der Waals surface area (Å²) in [7, 11) is 0. The summed E-state index contributed by atoms with van der Waals surface area (Å²) in [5.41, 5.74) is 8.41. The maximum absolute atomic E-state index is 6.82. The number of hydrogen-bond donors (Lipinski definition) is 0. The topological polar surface area (TPSA) is 19.6 Å². The third-order valence-electron chi connectivity index (χ3n) is 14.8. The average Bonchev–Trinajstić information content (AvgIpc) is 4.21. The van der Waals surface area contributed by atoms with Crippen LogP contribution >= 0.6 is 34.0 Å². The summed E-state index contributed by atoms with van der Waals surface area (Å²) < 4.78 is 14.6. The van der Waals surface area contributed by atoms with Crippen LogP contribution in [-0.2, 0) is 0 Å². The summed E-state index contributed by atoms with van der Waals surface area (Å²) in [5.74, 6) is 0. The van der Waals surface area contributed by atoms with E-state index in [4.69, 9.17) is 4.42 Å². The Balaban J connectivity index is 0.812. The molecule has 72 heavy (non-hydrogen) atoms. The largest absolute Gasteiger partial charge is 0.456 e. The molecule has 0 atom stereocenters. The number of anilines is 6. The van der Waals surface area contributed by atoms with Crippen molar-refractivity contribution in [2.45, 2.75) is 0 Å². The maximum Gasteiger partial charge on any atom is 0.137 e. The lowest BCUT2D eigenvalue weighted by atomic mass is 9.99. The standard InChI is InChI=1S/C66H38N2OS3/c1-3-13-41(14-4-1)67(43-23-32-59-55(35-43)51-25-19-39-11-7-9-17-47(39)65(51)71-59)45-21-27-53-58(37-45)69-57-31-29-50-49(63(53)57)30-34-61-64(50)54-28-22-46(38-62(54)70-61)68(42-15-5-2-6-16-42)44-24-33-60-56(36-44)52-26-20-40-12-8-10-18-48(40)66(52)72-60/h1-38H. The number of thiophene rings is 3. The van der Waals surface area contributed by atoms with E-state index in [1.165, 1.54) is 92.8 Å². The quantitative estimate of drug-likeness (QED) is 0.166. The molecule has 6 heteroatoms. The van der Waals surface area contributed by atoms with Gasteiger partial charge in [-0.2, -0.15) is 0 Å². The van der Waals surface area contributed by atoms with Gasteiger partial charge in [-0.1, -0.05) is 121 Å². The highest BCUT2D eigenvalue weighted by molar-refractivity contribution is 7.27. The minimum absolute atomic E-state index is 0.868. The Hall–Kier alpha value is -8.52. The predicted octanol–water partition coefficient (Wildman–Crippen LogP) is 21.1. The van der Waals surface area contributed by atoms with Gasteiger partial charge in [0.1, 0.15) is 11.2 Å². The number of nitrogens with zero attached hydrogens (tertiary/aromatic N) is 2. The summed E-state index contributed by atoms with van der Waals surface area (Å²) >= 11 is 5.63. The van der Waals surface area contributed by atoms with Crippen molar-refractivity contribution >= 4 is 183 Å². The molecule has 3 nitrogen and oxygen atoms in total. The number of furan rings is 1. The van der Waals surface area contributed by atoms with Crippen molar-refractivity contribution in [1.29, 1.82) is 0 Å². The van der Waals surface area contributed by atoms with E-state index in [-0.39, 0.29) is 0 Å². The Bertz CT molecular complexity index is 4580. The molecule has 12 aromatic carbocycles. The van der Waals surface area contributed by atoms with Gasteiger partial charge in [0, 0.05) is 111 Å². The van der Waals surface area contributed by atoms with Crippen LogP contribution in [0.15, 0.2) is 235 Å². The van der Waals surface area contributed by atoms with Crippen molar-refractivity contribution in [2.24, 2.45) is 0 Å². The molecule has 0 aliphatic heterocycles. The predicted molar refractivity (Wildman–Crippen MR) is 314 cm³/mol. The fraction of sp³-hybridized carbons (Fsp3) is 0. The summed E-state index contributed by atoms with van der Waals surface area (Å²) in [5, 5.41) is 17.6. The van der Waals surface area contributed by atoms with Crippen LogP contribution in [-0.4, -0.2) is 0 Å². The summed E-state index contributed by atoms with van der Waals surface area (Å²) in [6.45, 7) is 0. The molecule has 0 N–H and O–H groups in total. The van der Waals surface area contributed by atoms with Gasteiger partial charge in [-0.15, -0.1) is 34.0 Å². The van der Waals surface area contributed by atoms with Crippen molar-refractivity contribution in [3.8, 4) is 0 Å². The third-order valence-corrected chi connectivity index (χ3v) is 18.3. The zero-order chi connectivity index (χ0) is 47.0. The molecule has 0 saturated heterocycles. The van der Waals surface area contributed by atoms with Crippen LogP contribution in [0.25, 0.3) is 115 Å². The first-order chi connectivity index (χ1) is 35.7. The number of rotatable bonds is 6. The fourth-order valence-electron chi connectivity index (χ4n) is 11.5. The first kappa shape index (κ1) is 40.2. The second-order valence-corrected chi connectivity index (χ2v) is 22.0. The first-order valence-corrected chi connectivity index (χ1v) is 26.7. The highest BCUT2D eigenvalue weighted by atomic mass is 32.1. The smallest absolute Gasteiger partial charge is 0.137 e. The van der Waals surface area contributed by atoms with E-state index < -0.39 is 0 Å². The van der Waals surface area contributed by atoms with E-state index in [0.717, 1.165) is 56.1 Å². The Morgan fingerprint density at radius 2 is 0.722 bits per heavy atom. The molecule has 336 valence electrons. The first-order valence-electron chi connectivity index (χ1n) is 24.3. The Labute approximate surface area is 424 Å². The van der Waals surface area contributed by atoms with E-state index >= 15 is 0 Å². The van der Waals surface area contributed by atoms with Crippen LogP contribution in [0.5, 0.6) is 0 Å². The van der Waals surface area contributed by atoms with Crippen molar-refractivity contribution < 1.29 is 4.42 Å². The van der Waals surface area contributed by atoms with E-state index in [2.05, 4.69) is 240 Å². The minimum atomic E-state index is 0.868. The fourth-order valence-corrected chi connectivity index (χ4v) is 15.1. The van der Waals surface area contributed by atoms with E-state index in [1.807, 2.05) is 34.0 Å². The van der Waals surface area contributed by atoms with Crippen LogP contribution in [0.1, 0.15) is 0 Å². The van der Waals surface area contributed by atoms with Crippen LogP contribution in [0.4, 0.5) is 34.1 Å². The van der Waals surface area contributed by atoms with Crippen molar-refractivity contribution in [3.05, 3.63) is 231 Å². The van der Waals surface area contributed by atoms with E-state index in [9.17, 15) is 0 Å². The molecule has 0 saturated carbocycles. The second kappa shape index (κ2) is 15.5. The maximum atomic E-state index is 6.82. The van der Waals surface area contributed by atoms with Gasteiger partial charge >= 0.3 is 0 Å². The molecule has 0 bridgehead atoms. The van der Waals surface area contributed by atoms with Gasteiger partial charge in [-0.3, -0.25) is 0 Å². The summed E-state index contributed by atoms with van der Waals surface area (Å²) in [6, 6.07) is 84.7. The lowest BCUT2D eigenvalue weighted by Crippen LogP contribution is -2.09. The van der Waals surface area contributed by atoms with Crippen molar-refractivity contribution in [3.63, 3.8) is 0 Å². The molecule has 16 rings (SSSR count). The Morgan fingerprint density at radius 3 is 1.35 bits per heavy atom. The molecule has 0 spiro atoms. The third kappa shape index (κ3) is 6.01. The number of benzene rings is 12. The zero-order valence-corrected chi connectivity index (χ0v) is 40.9. The van der Waals surface area contributed by atoms with Crippen LogP contribution in [0.3, 0.4) is 0 Å². The van der Waals surface area contributed by atoms with E-state index in [1.54, 1.807) is 0 Å². The second-order valence-electron chi connectivity index (χ2n) is 18.8. The van der Waals surface area contributed by atoms with Gasteiger partial charge in [0.2, 0.25) is 0 Å². The number of para-hydroxylation sites is 2. The molecular weight excluding hydrogens is 933 g/mol. The van der Waals surface area contributed by atoms with Crippen LogP contribution in [0.2, 0.25) is 0 Å². The molecule has 0 unspecified atom stereocenters. The molecule has 0 aliphatic carbocycles. The van der Waals surface area contributed by atoms with Crippen LogP contribution in [0, 0.1) is 0 Å². The van der Waals surface area contributed by atoms with Crippen LogP contribution < -0.4 is 9.80 Å². The molecule has 0 fully saturated rings. The lowest BCUT2D eigenvalue weighted by Gasteiger charge is -2.25. The van der Waals surface area contributed by atoms with Gasteiger partial charge in [-0.05, 0) is 135 Å². The van der Waals surface area contributed by atoms with Gasteiger partial charge in [0.05, 0.1) is 0 Å². The van der Waals surface area contributed by atoms with Gasteiger partial charge < -0.3 is 14.2 Å². The number of hydrogen-bond acceptors (Lipinski definition) is 6. The van der Waals surface area contributed by atoms with Gasteiger partial charge in [-0.25, -0.2) is 0 Å². The molecule has 0 radical (unpaired) electrons. The summed E-state index contributed by atoms with van der Waals surface area (Å²) in [6.07, 6.45) is 0. The average molecular weight is 971 g/mol. The van der Waals surface area contributed by atoms with Gasteiger partial charge in [0.25, 0.3) is 0 Å². The van der Waals surface area contributed by atoms with Gasteiger partial charge in [0.15, 0.2) is 0 Å². The summed E-state index contributed by atoms with van der Waals surface area (Å²) in [4.78, 5) is 4.76. The molecule has 4 aromatic heterocycles. The molecular formula is C66H38N2OS3. The molecule has 4 heterocycles. The monoisotopic (exact) mass is 970 g/mol. The molecule has 0 amide bonds. The SMILES string of the molecule is c1ccc(N(c2ccc3c(c2)oc2ccc4c(ccc5sc6cc(N(c7ccccc7)c7ccc8sc9c%10ccccc%10ccc9c8c7)ccc6c54)c23)c2ccc3sc4c5ccccc5ccc4c3c2)cc1. The minimum Gasteiger partial charge on any atom is -0.456 e. The highest BCUT2D eigenvalue weighted by Crippen LogP contribution is 2.48. The normalized spacial score (nSPS) is 12.2. The molecule has 0 aliphatic rings. The van der Waals surface area contributed by atoms with Crippen molar-refractivity contribution in [1.82, 2.24) is 0 Å².